The third-order valence-corrected chi connectivity index (χ3v) is 3.05. The summed E-state index contributed by atoms with van der Waals surface area (Å²) in [5.41, 5.74) is 3.07. The number of hydrogen-bond acceptors (Lipinski definition) is 5. The number of rotatable bonds is 4. The SMILES string of the molecule is Cc1cccc(Nc2nc(C)nc(Nc3ccccc3)n2)c1. The van der Waals surface area contributed by atoms with Crippen LogP contribution in [0.25, 0.3) is 0 Å². The lowest BCUT2D eigenvalue weighted by Gasteiger charge is -2.09. The van der Waals surface area contributed by atoms with Gasteiger partial charge in [0.15, 0.2) is 0 Å². The molecule has 5 heteroatoms. The number of benzene rings is 2. The van der Waals surface area contributed by atoms with E-state index in [9.17, 15) is 0 Å². The van der Waals surface area contributed by atoms with Crippen molar-refractivity contribution in [3.8, 4) is 0 Å². The van der Waals surface area contributed by atoms with E-state index in [1.54, 1.807) is 0 Å². The Bertz CT molecular complexity index is 771. The van der Waals surface area contributed by atoms with Crippen LogP contribution in [0, 0.1) is 13.8 Å². The average molecular weight is 291 g/mol. The molecular formula is C17H17N5. The molecule has 0 fully saturated rings. The normalized spacial score (nSPS) is 10.3. The summed E-state index contributed by atoms with van der Waals surface area (Å²) in [4.78, 5) is 13.1. The summed E-state index contributed by atoms with van der Waals surface area (Å²) in [5.74, 6) is 1.70. The second-order valence-corrected chi connectivity index (χ2v) is 5.02. The maximum Gasteiger partial charge on any atom is 0.232 e. The van der Waals surface area contributed by atoms with Gasteiger partial charge in [0.2, 0.25) is 11.9 Å². The van der Waals surface area contributed by atoms with Gasteiger partial charge in [-0.2, -0.15) is 15.0 Å². The first-order valence-electron chi connectivity index (χ1n) is 7.07. The molecule has 110 valence electrons. The van der Waals surface area contributed by atoms with Crippen molar-refractivity contribution in [3.05, 3.63) is 66.0 Å². The van der Waals surface area contributed by atoms with Crippen LogP contribution in [0.2, 0.25) is 0 Å². The standard InChI is InChI=1S/C17H17N5/c1-12-7-6-10-15(11-12)21-17-19-13(2)18-16(22-17)20-14-8-4-3-5-9-14/h3-11H,1-2H3,(H2,18,19,20,21,22). The Labute approximate surface area is 129 Å². The van der Waals surface area contributed by atoms with Gasteiger partial charge in [-0.3, -0.25) is 0 Å². The van der Waals surface area contributed by atoms with Gasteiger partial charge in [0.05, 0.1) is 0 Å². The van der Waals surface area contributed by atoms with E-state index in [0.717, 1.165) is 11.4 Å². The minimum atomic E-state index is 0.522. The van der Waals surface area contributed by atoms with Crippen LogP contribution in [0.15, 0.2) is 54.6 Å². The molecule has 0 aliphatic heterocycles. The minimum Gasteiger partial charge on any atom is -0.324 e. The van der Waals surface area contributed by atoms with Crippen molar-refractivity contribution in [2.75, 3.05) is 10.6 Å². The van der Waals surface area contributed by atoms with Gasteiger partial charge < -0.3 is 10.6 Å². The Kier molecular flexibility index (Phi) is 3.96. The number of aromatic nitrogens is 3. The van der Waals surface area contributed by atoms with Crippen LogP contribution in [0.4, 0.5) is 23.3 Å². The molecule has 0 saturated carbocycles. The molecule has 0 aliphatic rings. The van der Waals surface area contributed by atoms with Crippen LogP contribution in [-0.2, 0) is 0 Å². The van der Waals surface area contributed by atoms with Crippen LogP contribution in [0.3, 0.4) is 0 Å². The van der Waals surface area contributed by atoms with Crippen molar-refractivity contribution < 1.29 is 0 Å². The number of hydrogen-bond donors (Lipinski definition) is 2. The fraction of sp³-hybridized carbons (Fsp3) is 0.118. The van der Waals surface area contributed by atoms with E-state index in [2.05, 4.69) is 25.6 Å². The van der Waals surface area contributed by atoms with Gasteiger partial charge in [-0.15, -0.1) is 0 Å². The fourth-order valence-corrected chi connectivity index (χ4v) is 2.10. The van der Waals surface area contributed by atoms with E-state index in [0.29, 0.717) is 17.7 Å². The van der Waals surface area contributed by atoms with Crippen LogP contribution in [0.5, 0.6) is 0 Å². The molecule has 1 heterocycles. The zero-order chi connectivity index (χ0) is 15.4. The molecule has 2 aromatic carbocycles. The minimum absolute atomic E-state index is 0.522. The zero-order valence-electron chi connectivity index (χ0n) is 12.5. The molecule has 0 aliphatic carbocycles. The molecular weight excluding hydrogens is 274 g/mol. The highest BCUT2D eigenvalue weighted by molar-refractivity contribution is 5.57. The molecule has 3 aromatic rings. The summed E-state index contributed by atoms with van der Waals surface area (Å²) in [7, 11) is 0. The lowest BCUT2D eigenvalue weighted by Crippen LogP contribution is -2.05. The lowest BCUT2D eigenvalue weighted by molar-refractivity contribution is 0.989. The maximum absolute atomic E-state index is 4.41. The molecule has 0 radical (unpaired) electrons. The molecule has 22 heavy (non-hydrogen) atoms. The fourth-order valence-electron chi connectivity index (χ4n) is 2.10. The summed E-state index contributed by atoms with van der Waals surface area (Å²) in [6.07, 6.45) is 0. The quantitative estimate of drug-likeness (QED) is 0.761. The average Bonchev–Trinajstić information content (AvgIpc) is 2.47. The second-order valence-electron chi connectivity index (χ2n) is 5.02. The summed E-state index contributed by atoms with van der Waals surface area (Å²) >= 11 is 0. The predicted molar refractivity (Wildman–Crippen MR) is 88.8 cm³/mol. The summed E-state index contributed by atoms with van der Waals surface area (Å²) in [6, 6.07) is 17.9. The highest BCUT2D eigenvalue weighted by atomic mass is 15.2. The van der Waals surface area contributed by atoms with Gasteiger partial charge in [-0.1, -0.05) is 30.3 Å². The van der Waals surface area contributed by atoms with Gasteiger partial charge in [-0.25, -0.2) is 0 Å². The van der Waals surface area contributed by atoms with Crippen molar-refractivity contribution >= 4 is 23.3 Å². The van der Waals surface area contributed by atoms with Crippen LogP contribution >= 0.6 is 0 Å². The van der Waals surface area contributed by atoms with Crippen molar-refractivity contribution in [1.29, 1.82) is 0 Å². The van der Waals surface area contributed by atoms with Gasteiger partial charge in [0.25, 0.3) is 0 Å². The Morgan fingerprint density at radius 1 is 0.682 bits per heavy atom. The lowest BCUT2D eigenvalue weighted by atomic mass is 10.2. The first kappa shape index (κ1) is 14.0. The highest BCUT2D eigenvalue weighted by Crippen LogP contribution is 2.17. The molecule has 1 aromatic heterocycles. The molecule has 0 saturated heterocycles. The first-order chi connectivity index (χ1) is 10.7. The van der Waals surface area contributed by atoms with Crippen molar-refractivity contribution in [2.24, 2.45) is 0 Å². The molecule has 0 spiro atoms. The van der Waals surface area contributed by atoms with E-state index in [4.69, 9.17) is 0 Å². The monoisotopic (exact) mass is 291 g/mol. The largest absolute Gasteiger partial charge is 0.324 e. The van der Waals surface area contributed by atoms with E-state index in [1.165, 1.54) is 5.56 Å². The Morgan fingerprint density at radius 3 is 2.00 bits per heavy atom. The first-order valence-corrected chi connectivity index (χ1v) is 7.07. The number of para-hydroxylation sites is 1. The maximum atomic E-state index is 4.41. The van der Waals surface area contributed by atoms with E-state index >= 15 is 0 Å². The van der Waals surface area contributed by atoms with E-state index < -0.39 is 0 Å². The van der Waals surface area contributed by atoms with Crippen LogP contribution in [0.1, 0.15) is 11.4 Å². The smallest absolute Gasteiger partial charge is 0.232 e. The third-order valence-electron chi connectivity index (χ3n) is 3.05. The Hall–Kier alpha value is -2.95. The molecule has 0 atom stereocenters. The van der Waals surface area contributed by atoms with Crippen molar-refractivity contribution in [3.63, 3.8) is 0 Å². The molecule has 5 nitrogen and oxygen atoms in total. The van der Waals surface area contributed by atoms with Gasteiger partial charge >= 0.3 is 0 Å². The van der Waals surface area contributed by atoms with Gasteiger partial charge in [0, 0.05) is 11.4 Å². The number of anilines is 4. The Balaban J connectivity index is 1.83. The third kappa shape index (κ3) is 3.58. The predicted octanol–water partition coefficient (Wildman–Crippen LogP) is 3.98. The Morgan fingerprint density at radius 2 is 1.32 bits per heavy atom. The van der Waals surface area contributed by atoms with Crippen LogP contribution < -0.4 is 10.6 Å². The van der Waals surface area contributed by atoms with Gasteiger partial charge in [-0.05, 0) is 43.7 Å². The number of aryl methyl sites for hydroxylation is 2. The van der Waals surface area contributed by atoms with E-state index in [-0.39, 0.29) is 0 Å². The molecule has 3 rings (SSSR count). The van der Waals surface area contributed by atoms with E-state index in [1.807, 2.05) is 68.4 Å². The summed E-state index contributed by atoms with van der Waals surface area (Å²) in [5, 5.41) is 6.39. The summed E-state index contributed by atoms with van der Waals surface area (Å²) < 4.78 is 0. The zero-order valence-corrected chi connectivity index (χ0v) is 12.5. The number of nitrogens with zero attached hydrogens (tertiary/aromatic N) is 3. The molecule has 2 N–H and O–H groups in total. The van der Waals surface area contributed by atoms with Crippen LogP contribution in [-0.4, -0.2) is 15.0 Å². The highest BCUT2D eigenvalue weighted by Gasteiger charge is 2.05. The molecule has 0 bridgehead atoms. The molecule has 0 unspecified atom stereocenters. The number of nitrogens with one attached hydrogen (secondary N) is 2. The second kappa shape index (κ2) is 6.22. The molecule has 0 amide bonds. The van der Waals surface area contributed by atoms with Crippen molar-refractivity contribution in [1.82, 2.24) is 15.0 Å². The van der Waals surface area contributed by atoms with Gasteiger partial charge in [0.1, 0.15) is 5.82 Å². The van der Waals surface area contributed by atoms with Crippen molar-refractivity contribution in [2.45, 2.75) is 13.8 Å². The summed E-state index contributed by atoms with van der Waals surface area (Å²) in [6.45, 7) is 3.89. The topological polar surface area (TPSA) is 62.7 Å².